The molecule has 1 aromatic carbocycles. The second-order valence-electron chi connectivity index (χ2n) is 4.93. The van der Waals surface area contributed by atoms with Gasteiger partial charge in [0.05, 0.1) is 18.7 Å². The lowest BCUT2D eigenvalue weighted by atomic mass is 10.1. The zero-order chi connectivity index (χ0) is 15.8. The minimum atomic E-state index is -1.02. The Kier molecular flexibility index (Phi) is 6.68. The van der Waals surface area contributed by atoms with E-state index in [-0.39, 0.29) is 24.7 Å². The lowest BCUT2D eigenvalue weighted by Crippen LogP contribution is -2.43. The van der Waals surface area contributed by atoms with E-state index in [2.05, 4.69) is 5.32 Å². The van der Waals surface area contributed by atoms with E-state index >= 15 is 0 Å². The summed E-state index contributed by atoms with van der Waals surface area (Å²) in [6, 6.07) is 5.69. The number of nitrogens with one attached hydrogen (secondary N) is 1. The first kappa shape index (κ1) is 17.0. The summed E-state index contributed by atoms with van der Waals surface area (Å²) < 4.78 is 0. The molecule has 21 heavy (non-hydrogen) atoms. The number of anilines is 1. The van der Waals surface area contributed by atoms with Crippen LogP contribution in [0.3, 0.4) is 0 Å². The first-order chi connectivity index (χ1) is 9.99. The Labute approximate surface area is 124 Å². The number of nitrogens with zero attached hydrogens (tertiary/aromatic N) is 1. The monoisotopic (exact) mass is 294 g/mol. The molecule has 0 saturated heterocycles. The summed E-state index contributed by atoms with van der Waals surface area (Å²) in [7, 11) is 0. The Morgan fingerprint density at radius 3 is 2.38 bits per heavy atom. The predicted molar refractivity (Wildman–Crippen MR) is 80.7 cm³/mol. The standard InChI is InChI=1S/C15H22N2O4/c1-3-11(2)10-16-15(21)17(8-9-18)13-6-4-12(5-7-13)14(19)20/h4-7,11,18H,3,8-10H2,1-2H3,(H,16,21)(H,19,20). The number of carboxylic acids is 1. The van der Waals surface area contributed by atoms with E-state index < -0.39 is 5.97 Å². The molecule has 0 aliphatic rings. The van der Waals surface area contributed by atoms with Crippen LogP contribution in [0.4, 0.5) is 10.5 Å². The maximum absolute atomic E-state index is 12.2. The molecule has 116 valence electrons. The van der Waals surface area contributed by atoms with Crippen molar-refractivity contribution in [2.24, 2.45) is 5.92 Å². The minimum Gasteiger partial charge on any atom is -0.478 e. The molecule has 0 aliphatic carbocycles. The van der Waals surface area contributed by atoms with Crippen molar-refractivity contribution in [2.45, 2.75) is 20.3 Å². The number of carbonyl (C=O) groups is 2. The van der Waals surface area contributed by atoms with Gasteiger partial charge in [0.1, 0.15) is 0 Å². The molecular weight excluding hydrogens is 272 g/mol. The number of hydrogen-bond acceptors (Lipinski definition) is 3. The van der Waals surface area contributed by atoms with Crippen molar-refractivity contribution in [3.05, 3.63) is 29.8 Å². The highest BCUT2D eigenvalue weighted by atomic mass is 16.4. The van der Waals surface area contributed by atoms with Gasteiger partial charge in [-0.3, -0.25) is 4.90 Å². The highest BCUT2D eigenvalue weighted by molar-refractivity contribution is 5.93. The molecule has 0 aromatic heterocycles. The number of benzene rings is 1. The van der Waals surface area contributed by atoms with Crippen LogP contribution in [0.1, 0.15) is 30.6 Å². The van der Waals surface area contributed by atoms with E-state index in [1.807, 2.05) is 13.8 Å². The molecule has 2 amide bonds. The van der Waals surface area contributed by atoms with Crippen molar-refractivity contribution in [3.63, 3.8) is 0 Å². The van der Waals surface area contributed by atoms with Gasteiger partial charge in [-0.1, -0.05) is 20.3 Å². The number of aliphatic hydroxyl groups is 1. The molecule has 0 fully saturated rings. The molecule has 1 aromatic rings. The number of hydrogen-bond donors (Lipinski definition) is 3. The SMILES string of the molecule is CCC(C)CNC(=O)N(CCO)c1ccc(C(=O)O)cc1. The van der Waals surface area contributed by atoms with Gasteiger partial charge in [-0.25, -0.2) is 9.59 Å². The quantitative estimate of drug-likeness (QED) is 0.717. The highest BCUT2D eigenvalue weighted by Gasteiger charge is 2.16. The van der Waals surface area contributed by atoms with Gasteiger partial charge in [0.2, 0.25) is 0 Å². The van der Waals surface area contributed by atoms with Gasteiger partial charge >= 0.3 is 12.0 Å². The zero-order valence-corrected chi connectivity index (χ0v) is 12.4. The minimum absolute atomic E-state index is 0.152. The number of aliphatic hydroxyl groups excluding tert-OH is 1. The van der Waals surface area contributed by atoms with Gasteiger partial charge in [0.15, 0.2) is 0 Å². The van der Waals surface area contributed by atoms with Crippen LogP contribution in [0.25, 0.3) is 0 Å². The number of carboxylic acid groups (broad SMARTS) is 1. The summed E-state index contributed by atoms with van der Waals surface area (Å²) in [4.78, 5) is 24.4. The fraction of sp³-hybridized carbons (Fsp3) is 0.467. The van der Waals surface area contributed by atoms with E-state index in [1.54, 1.807) is 12.1 Å². The molecule has 0 saturated carbocycles. The van der Waals surface area contributed by atoms with E-state index in [1.165, 1.54) is 17.0 Å². The van der Waals surface area contributed by atoms with Crippen LogP contribution >= 0.6 is 0 Å². The van der Waals surface area contributed by atoms with Crippen LogP contribution in [-0.4, -0.2) is 41.9 Å². The van der Waals surface area contributed by atoms with Gasteiger partial charge in [0.25, 0.3) is 0 Å². The Morgan fingerprint density at radius 2 is 1.90 bits per heavy atom. The molecule has 1 unspecified atom stereocenters. The van der Waals surface area contributed by atoms with E-state index in [4.69, 9.17) is 10.2 Å². The summed E-state index contributed by atoms with van der Waals surface area (Å²) in [5, 5.41) is 20.8. The molecule has 0 spiro atoms. The molecule has 1 atom stereocenters. The molecule has 0 heterocycles. The Balaban J connectivity index is 2.80. The average molecular weight is 294 g/mol. The Morgan fingerprint density at radius 1 is 1.29 bits per heavy atom. The van der Waals surface area contributed by atoms with Gasteiger partial charge < -0.3 is 15.5 Å². The van der Waals surface area contributed by atoms with Crippen molar-refractivity contribution in [3.8, 4) is 0 Å². The highest BCUT2D eigenvalue weighted by Crippen LogP contribution is 2.15. The molecule has 0 bridgehead atoms. The number of amides is 2. The molecule has 1 rings (SSSR count). The number of carbonyl (C=O) groups excluding carboxylic acids is 1. The topological polar surface area (TPSA) is 89.9 Å². The first-order valence-electron chi connectivity index (χ1n) is 6.99. The van der Waals surface area contributed by atoms with Crippen LogP contribution in [0.2, 0.25) is 0 Å². The van der Waals surface area contributed by atoms with Crippen LogP contribution in [-0.2, 0) is 0 Å². The van der Waals surface area contributed by atoms with Gasteiger partial charge in [-0.2, -0.15) is 0 Å². The third-order valence-corrected chi connectivity index (χ3v) is 3.29. The second-order valence-corrected chi connectivity index (χ2v) is 4.93. The smallest absolute Gasteiger partial charge is 0.335 e. The largest absolute Gasteiger partial charge is 0.478 e. The second kappa shape index (κ2) is 8.26. The lowest BCUT2D eigenvalue weighted by Gasteiger charge is -2.23. The lowest BCUT2D eigenvalue weighted by molar-refractivity contribution is 0.0697. The molecule has 0 aliphatic heterocycles. The summed E-state index contributed by atoms with van der Waals surface area (Å²) in [6.07, 6.45) is 0.966. The van der Waals surface area contributed by atoms with Gasteiger partial charge in [-0.15, -0.1) is 0 Å². The van der Waals surface area contributed by atoms with Crippen LogP contribution in [0, 0.1) is 5.92 Å². The number of aromatic carboxylic acids is 1. The summed E-state index contributed by atoms with van der Waals surface area (Å²) in [5.74, 6) is -0.643. The fourth-order valence-electron chi connectivity index (χ4n) is 1.73. The van der Waals surface area contributed by atoms with E-state index in [0.717, 1.165) is 6.42 Å². The van der Waals surface area contributed by atoms with Crippen molar-refractivity contribution < 1.29 is 19.8 Å². The summed E-state index contributed by atoms with van der Waals surface area (Å²) >= 11 is 0. The van der Waals surface area contributed by atoms with Gasteiger partial charge in [0, 0.05) is 12.2 Å². The van der Waals surface area contributed by atoms with Crippen molar-refractivity contribution >= 4 is 17.7 Å². The van der Waals surface area contributed by atoms with Gasteiger partial charge in [-0.05, 0) is 30.2 Å². The average Bonchev–Trinajstić information content (AvgIpc) is 2.50. The third kappa shape index (κ3) is 5.07. The fourth-order valence-corrected chi connectivity index (χ4v) is 1.73. The molecule has 0 radical (unpaired) electrons. The van der Waals surface area contributed by atoms with Crippen LogP contribution in [0.15, 0.2) is 24.3 Å². The zero-order valence-electron chi connectivity index (χ0n) is 12.4. The maximum Gasteiger partial charge on any atom is 0.335 e. The third-order valence-electron chi connectivity index (χ3n) is 3.29. The Hall–Kier alpha value is -2.08. The Bertz CT molecular complexity index is 473. The van der Waals surface area contributed by atoms with Crippen molar-refractivity contribution in [2.75, 3.05) is 24.6 Å². The molecule has 6 nitrogen and oxygen atoms in total. The van der Waals surface area contributed by atoms with Crippen LogP contribution < -0.4 is 10.2 Å². The maximum atomic E-state index is 12.2. The molecular formula is C15H22N2O4. The first-order valence-corrected chi connectivity index (χ1v) is 6.99. The van der Waals surface area contributed by atoms with Crippen LogP contribution in [0.5, 0.6) is 0 Å². The molecule has 6 heteroatoms. The van der Waals surface area contributed by atoms with E-state index in [9.17, 15) is 9.59 Å². The summed E-state index contributed by atoms with van der Waals surface area (Å²) in [5.41, 5.74) is 0.707. The van der Waals surface area contributed by atoms with E-state index in [0.29, 0.717) is 18.2 Å². The molecule has 3 N–H and O–H groups in total. The number of urea groups is 1. The number of rotatable bonds is 7. The summed E-state index contributed by atoms with van der Waals surface area (Å²) in [6.45, 7) is 4.63. The normalized spacial score (nSPS) is 11.8. The van der Waals surface area contributed by atoms with Crippen molar-refractivity contribution in [1.82, 2.24) is 5.32 Å². The van der Waals surface area contributed by atoms with Crippen molar-refractivity contribution in [1.29, 1.82) is 0 Å². The predicted octanol–water partition coefficient (Wildman–Crippen LogP) is 1.94.